The predicted molar refractivity (Wildman–Crippen MR) is 77.7 cm³/mol. The first-order chi connectivity index (χ1) is 9.22. The van der Waals surface area contributed by atoms with Gasteiger partial charge in [0.25, 0.3) is 0 Å². The van der Waals surface area contributed by atoms with E-state index in [9.17, 15) is 0 Å². The number of H-pyrrole nitrogens is 1. The Morgan fingerprint density at radius 3 is 2.68 bits per heavy atom. The summed E-state index contributed by atoms with van der Waals surface area (Å²) in [6.07, 6.45) is 5.07. The molecule has 0 aliphatic heterocycles. The number of imidazole rings is 1. The minimum absolute atomic E-state index is 0.627. The molecule has 2 N–H and O–H groups in total. The Hall–Kier alpha value is -1.03. The predicted octanol–water partition coefficient (Wildman–Crippen LogP) is 3.56. The number of rotatable bonds is 5. The molecule has 0 unspecified atom stereocenters. The van der Waals surface area contributed by atoms with Gasteiger partial charge in [-0.2, -0.15) is 0 Å². The van der Waals surface area contributed by atoms with Crippen molar-refractivity contribution < 1.29 is 0 Å². The standard InChI is InChI=1S/C14H15Cl2N3/c15-12-2-1-3-13(16)11(12)6-14-18-8-10(19-14)7-17-9-4-5-9/h1-3,8-9,17H,4-7H2,(H,18,19). The second-order valence-corrected chi connectivity index (χ2v) is 5.70. The van der Waals surface area contributed by atoms with Gasteiger partial charge >= 0.3 is 0 Å². The van der Waals surface area contributed by atoms with E-state index < -0.39 is 0 Å². The Morgan fingerprint density at radius 2 is 2.00 bits per heavy atom. The fourth-order valence-corrected chi connectivity index (χ4v) is 2.53. The van der Waals surface area contributed by atoms with E-state index in [0.717, 1.165) is 23.6 Å². The first-order valence-electron chi connectivity index (χ1n) is 6.41. The normalized spacial score (nSPS) is 14.8. The third-order valence-electron chi connectivity index (χ3n) is 3.25. The molecular formula is C14H15Cl2N3. The Labute approximate surface area is 122 Å². The summed E-state index contributed by atoms with van der Waals surface area (Å²) in [6, 6.07) is 6.24. The van der Waals surface area contributed by atoms with Crippen LogP contribution in [-0.4, -0.2) is 16.0 Å². The Morgan fingerprint density at radius 1 is 1.26 bits per heavy atom. The van der Waals surface area contributed by atoms with Crippen molar-refractivity contribution in [2.24, 2.45) is 0 Å². The van der Waals surface area contributed by atoms with Gasteiger partial charge in [0.1, 0.15) is 5.82 Å². The number of halogens is 2. The largest absolute Gasteiger partial charge is 0.345 e. The number of benzene rings is 1. The SMILES string of the molecule is Clc1cccc(Cl)c1Cc1ncc(CNC2CC2)[nH]1. The molecular weight excluding hydrogens is 281 g/mol. The summed E-state index contributed by atoms with van der Waals surface area (Å²) >= 11 is 12.3. The molecule has 0 amide bonds. The van der Waals surface area contributed by atoms with Gasteiger partial charge in [-0.05, 0) is 30.5 Å². The maximum absolute atomic E-state index is 6.16. The maximum atomic E-state index is 6.16. The molecule has 1 saturated carbocycles. The molecule has 2 aromatic rings. The van der Waals surface area contributed by atoms with Crippen LogP contribution in [0.3, 0.4) is 0 Å². The molecule has 100 valence electrons. The first kappa shape index (κ1) is 13.0. The van der Waals surface area contributed by atoms with Crippen molar-refractivity contribution in [1.29, 1.82) is 0 Å². The topological polar surface area (TPSA) is 40.7 Å². The van der Waals surface area contributed by atoms with Crippen molar-refractivity contribution in [3.63, 3.8) is 0 Å². The van der Waals surface area contributed by atoms with E-state index in [1.54, 1.807) is 0 Å². The quantitative estimate of drug-likeness (QED) is 0.885. The molecule has 5 heteroatoms. The van der Waals surface area contributed by atoms with E-state index in [4.69, 9.17) is 23.2 Å². The molecule has 0 saturated heterocycles. The maximum Gasteiger partial charge on any atom is 0.110 e. The lowest BCUT2D eigenvalue weighted by Gasteiger charge is -2.04. The molecule has 3 rings (SSSR count). The molecule has 3 nitrogen and oxygen atoms in total. The number of aromatic amines is 1. The molecule has 0 spiro atoms. The van der Waals surface area contributed by atoms with E-state index in [-0.39, 0.29) is 0 Å². The molecule has 1 aromatic heterocycles. The zero-order valence-corrected chi connectivity index (χ0v) is 11.9. The van der Waals surface area contributed by atoms with Crippen molar-refractivity contribution in [3.8, 4) is 0 Å². The average molecular weight is 296 g/mol. The third-order valence-corrected chi connectivity index (χ3v) is 3.95. The smallest absolute Gasteiger partial charge is 0.110 e. The zero-order valence-electron chi connectivity index (χ0n) is 10.4. The van der Waals surface area contributed by atoms with E-state index in [2.05, 4.69) is 15.3 Å². The number of hydrogen-bond acceptors (Lipinski definition) is 2. The van der Waals surface area contributed by atoms with Crippen LogP contribution in [0.2, 0.25) is 10.0 Å². The van der Waals surface area contributed by atoms with Crippen LogP contribution < -0.4 is 5.32 Å². The average Bonchev–Trinajstić information content (AvgIpc) is 3.11. The van der Waals surface area contributed by atoms with Gasteiger partial charge in [-0.3, -0.25) is 0 Å². The van der Waals surface area contributed by atoms with Crippen LogP contribution in [0.5, 0.6) is 0 Å². The van der Waals surface area contributed by atoms with Crippen LogP contribution >= 0.6 is 23.2 Å². The first-order valence-corrected chi connectivity index (χ1v) is 7.17. The lowest BCUT2D eigenvalue weighted by molar-refractivity contribution is 0.676. The highest BCUT2D eigenvalue weighted by Crippen LogP contribution is 2.26. The van der Waals surface area contributed by atoms with Crippen molar-refractivity contribution in [2.75, 3.05) is 0 Å². The van der Waals surface area contributed by atoms with Crippen LogP contribution in [0, 0.1) is 0 Å². The fourth-order valence-electron chi connectivity index (χ4n) is 2.00. The highest BCUT2D eigenvalue weighted by atomic mass is 35.5. The molecule has 1 aliphatic carbocycles. The minimum Gasteiger partial charge on any atom is -0.345 e. The summed E-state index contributed by atoms with van der Waals surface area (Å²) in [6.45, 7) is 0.841. The van der Waals surface area contributed by atoms with Gasteiger partial charge < -0.3 is 10.3 Å². The van der Waals surface area contributed by atoms with Crippen LogP contribution in [0.15, 0.2) is 24.4 Å². The summed E-state index contributed by atoms with van der Waals surface area (Å²) < 4.78 is 0. The molecule has 0 atom stereocenters. The van der Waals surface area contributed by atoms with Gasteiger partial charge in [0.05, 0.1) is 0 Å². The molecule has 1 aliphatic rings. The van der Waals surface area contributed by atoms with Crippen LogP contribution in [-0.2, 0) is 13.0 Å². The lowest BCUT2D eigenvalue weighted by atomic mass is 10.1. The van der Waals surface area contributed by atoms with Crippen LogP contribution in [0.1, 0.15) is 29.9 Å². The van der Waals surface area contributed by atoms with E-state index in [1.807, 2.05) is 24.4 Å². The van der Waals surface area contributed by atoms with Crippen molar-refractivity contribution >= 4 is 23.2 Å². The fraction of sp³-hybridized carbons (Fsp3) is 0.357. The number of hydrogen-bond donors (Lipinski definition) is 2. The molecule has 1 heterocycles. The highest BCUT2D eigenvalue weighted by Gasteiger charge is 2.20. The Balaban J connectivity index is 1.68. The van der Waals surface area contributed by atoms with Gasteiger partial charge in [0.2, 0.25) is 0 Å². The van der Waals surface area contributed by atoms with Gasteiger partial charge in [-0.15, -0.1) is 0 Å². The summed E-state index contributed by atoms with van der Waals surface area (Å²) in [5, 5.41) is 4.81. The van der Waals surface area contributed by atoms with Gasteiger partial charge in [0.15, 0.2) is 0 Å². The molecule has 0 radical (unpaired) electrons. The van der Waals surface area contributed by atoms with Crippen LogP contribution in [0.25, 0.3) is 0 Å². The van der Waals surface area contributed by atoms with E-state index in [1.165, 1.54) is 12.8 Å². The van der Waals surface area contributed by atoms with Crippen molar-refractivity contribution in [1.82, 2.24) is 15.3 Å². The molecule has 1 fully saturated rings. The summed E-state index contributed by atoms with van der Waals surface area (Å²) in [4.78, 5) is 7.69. The number of nitrogens with zero attached hydrogens (tertiary/aromatic N) is 1. The van der Waals surface area contributed by atoms with E-state index in [0.29, 0.717) is 22.5 Å². The van der Waals surface area contributed by atoms with Crippen molar-refractivity contribution in [2.45, 2.75) is 31.8 Å². The number of aromatic nitrogens is 2. The Bertz CT molecular complexity index is 556. The monoisotopic (exact) mass is 295 g/mol. The van der Waals surface area contributed by atoms with E-state index >= 15 is 0 Å². The molecule has 0 bridgehead atoms. The Kier molecular flexibility index (Phi) is 3.78. The zero-order chi connectivity index (χ0) is 13.2. The summed E-state index contributed by atoms with van der Waals surface area (Å²) in [5.74, 6) is 0.891. The number of nitrogens with one attached hydrogen (secondary N) is 2. The second-order valence-electron chi connectivity index (χ2n) is 4.89. The second kappa shape index (κ2) is 5.53. The van der Waals surface area contributed by atoms with Crippen molar-refractivity contribution in [3.05, 3.63) is 51.5 Å². The summed E-state index contributed by atoms with van der Waals surface area (Å²) in [5.41, 5.74) is 2.02. The highest BCUT2D eigenvalue weighted by molar-refractivity contribution is 6.36. The van der Waals surface area contributed by atoms with Gasteiger partial charge in [0, 0.05) is 40.9 Å². The molecule has 1 aromatic carbocycles. The minimum atomic E-state index is 0.627. The van der Waals surface area contributed by atoms with Gasteiger partial charge in [-0.25, -0.2) is 4.98 Å². The summed E-state index contributed by atoms with van der Waals surface area (Å²) in [7, 11) is 0. The van der Waals surface area contributed by atoms with Crippen LogP contribution in [0.4, 0.5) is 0 Å². The molecule has 19 heavy (non-hydrogen) atoms. The third kappa shape index (κ3) is 3.30. The van der Waals surface area contributed by atoms with Gasteiger partial charge in [-0.1, -0.05) is 29.3 Å². The lowest BCUT2D eigenvalue weighted by Crippen LogP contribution is -2.15.